The number of hydrogen-bond acceptors (Lipinski definition) is 4. The standard InChI is InChI=1S/C16H16FN3O2S/c1-2-6-23-16-19-14-13(15(22)20-16)11(8-12(21)18-14)9-4-3-5-10(17)7-9/h3-5,7,11H,2,6,8H2,1H3,(H2,18,19,20,21,22)/t11-/m0/s1. The zero-order valence-electron chi connectivity index (χ0n) is 12.6. The normalized spacial score (nSPS) is 16.8. The first kappa shape index (κ1) is 15.7. The van der Waals surface area contributed by atoms with Crippen LogP contribution in [-0.4, -0.2) is 21.6 Å². The number of nitrogens with one attached hydrogen (secondary N) is 2. The molecule has 5 nitrogen and oxygen atoms in total. The van der Waals surface area contributed by atoms with Gasteiger partial charge in [-0.3, -0.25) is 9.59 Å². The van der Waals surface area contributed by atoms with Crippen molar-refractivity contribution in [3.63, 3.8) is 0 Å². The first-order valence-corrected chi connectivity index (χ1v) is 8.39. The Kier molecular flexibility index (Phi) is 4.47. The third-order valence-corrected chi connectivity index (χ3v) is 4.70. The van der Waals surface area contributed by atoms with E-state index >= 15 is 0 Å². The van der Waals surface area contributed by atoms with E-state index in [4.69, 9.17) is 0 Å². The molecule has 0 bridgehead atoms. The monoisotopic (exact) mass is 333 g/mol. The van der Waals surface area contributed by atoms with Crippen molar-refractivity contribution in [3.8, 4) is 0 Å². The lowest BCUT2D eigenvalue weighted by atomic mass is 9.87. The molecule has 1 atom stereocenters. The fourth-order valence-electron chi connectivity index (χ4n) is 2.63. The summed E-state index contributed by atoms with van der Waals surface area (Å²) in [5, 5.41) is 3.14. The molecule has 0 saturated heterocycles. The second-order valence-corrected chi connectivity index (χ2v) is 6.43. The van der Waals surface area contributed by atoms with Crippen molar-refractivity contribution >= 4 is 23.5 Å². The summed E-state index contributed by atoms with van der Waals surface area (Å²) in [5.74, 6) is -0.0113. The first-order chi connectivity index (χ1) is 11.1. The molecule has 3 rings (SSSR count). The predicted octanol–water partition coefficient (Wildman–Crippen LogP) is 2.89. The average molecular weight is 333 g/mol. The van der Waals surface area contributed by atoms with Crippen LogP contribution in [0.5, 0.6) is 0 Å². The first-order valence-electron chi connectivity index (χ1n) is 7.40. The number of halogens is 1. The second kappa shape index (κ2) is 6.54. The third kappa shape index (κ3) is 3.29. The molecular weight excluding hydrogens is 317 g/mol. The Morgan fingerprint density at radius 2 is 2.22 bits per heavy atom. The number of nitrogens with zero attached hydrogens (tertiary/aromatic N) is 1. The highest BCUT2D eigenvalue weighted by molar-refractivity contribution is 7.99. The van der Waals surface area contributed by atoms with Gasteiger partial charge in [-0.1, -0.05) is 30.8 Å². The largest absolute Gasteiger partial charge is 0.310 e. The van der Waals surface area contributed by atoms with Gasteiger partial charge in [-0.05, 0) is 24.1 Å². The Morgan fingerprint density at radius 3 is 2.96 bits per heavy atom. The SMILES string of the molecule is CCCSc1nc2c(c(=O)[nH]1)[C@H](c1cccc(F)c1)CC(=O)N2. The number of anilines is 1. The lowest BCUT2D eigenvalue weighted by Gasteiger charge is -2.24. The lowest BCUT2D eigenvalue weighted by molar-refractivity contribution is -0.116. The Bertz CT molecular complexity index is 806. The Balaban J connectivity index is 2.07. The highest BCUT2D eigenvalue weighted by Gasteiger charge is 2.31. The summed E-state index contributed by atoms with van der Waals surface area (Å²) >= 11 is 1.43. The van der Waals surface area contributed by atoms with Crippen LogP contribution in [0, 0.1) is 5.82 Å². The van der Waals surface area contributed by atoms with Crippen LogP contribution in [0.15, 0.2) is 34.2 Å². The maximum Gasteiger partial charge on any atom is 0.257 e. The van der Waals surface area contributed by atoms with E-state index in [1.807, 2.05) is 6.92 Å². The number of aromatic amines is 1. The quantitative estimate of drug-likeness (QED) is 0.666. The molecule has 1 aromatic heterocycles. The summed E-state index contributed by atoms with van der Waals surface area (Å²) in [7, 11) is 0. The van der Waals surface area contributed by atoms with Crippen LogP contribution in [0.4, 0.5) is 10.2 Å². The molecule has 0 unspecified atom stereocenters. The maximum atomic E-state index is 13.5. The summed E-state index contributed by atoms with van der Waals surface area (Å²) in [6.45, 7) is 2.03. The van der Waals surface area contributed by atoms with Gasteiger partial charge in [0.15, 0.2) is 5.16 Å². The molecule has 2 N–H and O–H groups in total. The van der Waals surface area contributed by atoms with E-state index in [-0.39, 0.29) is 23.7 Å². The molecule has 23 heavy (non-hydrogen) atoms. The van der Waals surface area contributed by atoms with E-state index in [2.05, 4.69) is 15.3 Å². The molecule has 1 aliphatic heterocycles. The van der Waals surface area contributed by atoms with E-state index in [9.17, 15) is 14.0 Å². The number of aromatic nitrogens is 2. The molecule has 1 aliphatic rings. The number of carbonyl (C=O) groups is 1. The van der Waals surface area contributed by atoms with Crippen LogP contribution >= 0.6 is 11.8 Å². The molecule has 1 aromatic carbocycles. The van der Waals surface area contributed by atoms with E-state index in [0.29, 0.717) is 16.3 Å². The van der Waals surface area contributed by atoms with Crippen molar-refractivity contribution in [1.29, 1.82) is 0 Å². The lowest BCUT2D eigenvalue weighted by Crippen LogP contribution is -2.31. The number of carbonyl (C=O) groups excluding carboxylic acids is 1. The zero-order chi connectivity index (χ0) is 16.4. The van der Waals surface area contributed by atoms with E-state index in [0.717, 1.165) is 12.2 Å². The fourth-order valence-corrected chi connectivity index (χ4v) is 3.34. The smallest absolute Gasteiger partial charge is 0.257 e. The zero-order valence-corrected chi connectivity index (χ0v) is 13.4. The summed E-state index contributed by atoms with van der Waals surface area (Å²) in [6, 6.07) is 5.98. The molecule has 2 heterocycles. The summed E-state index contributed by atoms with van der Waals surface area (Å²) < 4.78 is 13.5. The van der Waals surface area contributed by atoms with E-state index < -0.39 is 11.7 Å². The van der Waals surface area contributed by atoms with Crippen molar-refractivity contribution in [2.24, 2.45) is 0 Å². The minimum Gasteiger partial charge on any atom is -0.310 e. The fraction of sp³-hybridized carbons (Fsp3) is 0.312. The molecule has 0 radical (unpaired) electrons. The molecule has 0 spiro atoms. The molecule has 0 saturated carbocycles. The summed E-state index contributed by atoms with van der Waals surface area (Å²) in [4.78, 5) is 31.5. The van der Waals surface area contributed by atoms with Gasteiger partial charge < -0.3 is 10.3 Å². The van der Waals surface area contributed by atoms with Gasteiger partial charge in [-0.25, -0.2) is 9.37 Å². The van der Waals surface area contributed by atoms with E-state index in [1.54, 1.807) is 12.1 Å². The molecule has 1 amide bonds. The number of thioether (sulfide) groups is 1. The van der Waals surface area contributed by atoms with Crippen LogP contribution in [0.3, 0.4) is 0 Å². The van der Waals surface area contributed by atoms with Gasteiger partial charge in [-0.2, -0.15) is 0 Å². The van der Waals surface area contributed by atoms with Crippen LogP contribution in [0.2, 0.25) is 0 Å². The number of rotatable bonds is 4. The van der Waals surface area contributed by atoms with Gasteiger partial charge in [0.2, 0.25) is 5.91 Å². The van der Waals surface area contributed by atoms with Gasteiger partial charge in [0, 0.05) is 18.1 Å². The number of benzene rings is 1. The molecule has 7 heteroatoms. The topological polar surface area (TPSA) is 74.8 Å². The Hall–Kier alpha value is -2.15. The van der Waals surface area contributed by atoms with Crippen LogP contribution in [0.25, 0.3) is 0 Å². The van der Waals surface area contributed by atoms with Gasteiger partial charge in [0.05, 0.1) is 5.56 Å². The Labute approximate surface area is 136 Å². The summed E-state index contributed by atoms with van der Waals surface area (Å²) in [5.41, 5.74) is 0.696. The van der Waals surface area contributed by atoms with Crippen molar-refractivity contribution < 1.29 is 9.18 Å². The van der Waals surface area contributed by atoms with Gasteiger partial charge in [0.1, 0.15) is 11.6 Å². The van der Waals surface area contributed by atoms with Gasteiger partial charge in [-0.15, -0.1) is 0 Å². The second-order valence-electron chi connectivity index (χ2n) is 5.34. The number of amides is 1. The molecule has 2 aromatic rings. The van der Waals surface area contributed by atoms with Crippen molar-refractivity contribution in [2.75, 3.05) is 11.1 Å². The van der Waals surface area contributed by atoms with Crippen molar-refractivity contribution in [2.45, 2.75) is 30.8 Å². The minimum atomic E-state index is -0.490. The van der Waals surface area contributed by atoms with Crippen LogP contribution < -0.4 is 10.9 Å². The Morgan fingerprint density at radius 1 is 1.39 bits per heavy atom. The molecule has 120 valence electrons. The highest BCUT2D eigenvalue weighted by Crippen LogP contribution is 2.34. The number of fused-ring (bicyclic) bond motifs is 1. The van der Waals surface area contributed by atoms with Crippen LogP contribution in [-0.2, 0) is 4.79 Å². The highest BCUT2D eigenvalue weighted by atomic mass is 32.2. The maximum absolute atomic E-state index is 13.5. The van der Waals surface area contributed by atoms with Gasteiger partial charge >= 0.3 is 0 Å². The van der Waals surface area contributed by atoms with Gasteiger partial charge in [0.25, 0.3) is 5.56 Å². The predicted molar refractivity (Wildman–Crippen MR) is 87.4 cm³/mol. The van der Waals surface area contributed by atoms with Crippen molar-refractivity contribution in [1.82, 2.24) is 9.97 Å². The van der Waals surface area contributed by atoms with E-state index in [1.165, 1.54) is 23.9 Å². The molecule has 0 aliphatic carbocycles. The third-order valence-electron chi connectivity index (χ3n) is 3.62. The molecule has 0 fully saturated rings. The average Bonchev–Trinajstić information content (AvgIpc) is 2.51. The number of H-pyrrole nitrogens is 1. The number of hydrogen-bond donors (Lipinski definition) is 2. The minimum absolute atomic E-state index is 0.0999. The van der Waals surface area contributed by atoms with Crippen LogP contribution in [0.1, 0.15) is 36.8 Å². The summed E-state index contributed by atoms with van der Waals surface area (Å²) in [6.07, 6.45) is 1.05. The van der Waals surface area contributed by atoms with Crippen molar-refractivity contribution in [3.05, 3.63) is 51.6 Å². The molecular formula is C16H16FN3O2S.